The molecular formula is C11H20O2. The van der Waals surface area contributed by atoms with Gasteiger partial charge in [-0.05, 0) is 19.3 Å². The van der Waals surface area contributed by atoms with Gasteiger partial charge in [-0.3, -0.25) is 0 Å². The van der Waals surface area contributed by atoms with E-state index in [9.17, 15) is 5.11 Å². The zero-order chi connectivity index (χ0) is 10.1. The summed E-state index contributed by atoms with van der Waals surface area (Å²) in [7, 11) is 1.64. The molecule has 76 valence electrons. The fraction of sp³-hybridized carbons (Fsp3) is 0.818. The van der Waals surface area contributed by atoms with E-state index >= 15 is 0 Å². The molecule has 2 unspecified atom stereocenters. The summed E-state index contributed by atoms with van der Waals surface area (Å²) in [6.07, 6.45) is 9.02. The van der Waals surface area contributed by atoms with Crippen LogP contribution < -0.4 is 0 Å². The lowest BCUT2D eigenvalue weighted by Gasteiger charge is -2.20. The predicted molar refractivity (Wildman–Crippen MR) is 54.4 cm³/mol. The number of hydrogen-bond acceptors (Lipinski definition) is 2. The van der Waals surface area contributed by atoms with Gasteiger partial charge in [0.25, 0.3) is 0 Å². The van der Waals surface area contributed by atoms with Crippen molar-refractivity contribution in [1.82, 2.24) is 0 Å². The highest BCUT2D eigenvalue weighted by Gasteiger charge is 2.16. The maximum Gasteiger partial charge on any atom is 0.0830 e. The highest BCUT2D eigenvalue weighted by Crippen LogP contribution is 2.11. The van der Waals surface area contributed by atoms with Gasteiger partial charge in [0.15, 0.2) is 0 Å². The van der Waals surface area contributed by atoms with Gasteiger partial charge < -0.3 is 9.84 Å². The standard InChI is InChI=1S/C11H20O2/c1-4-6-7-9-10(12)11(13-3)8-5-2/h1,10-12H,5-9H2,2-3H3. The van der Waals surface area contributed by atoms with Crippen molar-refractivity contribution < 1.29 is 9.84 Å². The van der Waals surface area contributed by atoms with Gasteiger partial charge in [0.1, 0.15) is 0 Å². The number of hydrogen-bond donors (Lipinski definition) is 1. The third-order valence-corrected chi connectivity index (χ3v) is 2.13. The Morgan fingerprint density at radius 1 is 1.46 bits per heavy atom. The molecule has 0 saturated carbocycles. The van der Waals surface area contributed by atoms with E-state index in [4.69, 9.17) is 11.2 Å². The third kappa shape index (κ3) is 5.68. The summed E-state index contributed by atoms with van der Waals surface area (Å²) in [6, 6.07) is 0. The number of methoxy groups -OCH3 is 1. The van der Waals surface area contributed by atoms with E-state index in [0.717, 1.165) is 32.1 Å². The van der Waals surface area contributed by atoms with Crippen LogP contribution in [-0.4, -0.2) is 24.4 Å². The molecule has 0 aliphatic carbocycles. The third-order valence-electron chi connectivity index (χ3n) is 2.13. The average Bonchev–Trinajstić information content (AvgIpc) is 2.14. The van der Waals surface area contributed by atoms with Gasteiger partial charge in [0.2, 0.25) is 0 Å². The quantitative estimate of drug-likeness (QED) is 0.484. The number of ether oxygens (including phenoxy) is 1. The largest absolute Gasteiger partial charge is 0.390 e. The Kier molecular flexibility index (Phi) is 7.77. The monoisotopic (exact) mass is 184 g/mol. The van der Waals surface area contributed by atoms with Crippen molar-refractivity contribution in [2.45, 2.75) is 51.2 Å². The first-order valence-electron chi connectivity index (χ1n) is 4.90. The minimum absolute atomic E-state index is 0.0252. The molecule has 2 atom stereocenters. The van der Waals surface area contributed by atoms with Crippen LogP contribution in [0.5, 0.6) is 0 Å². The molecule has 0 heterocycles. The van der Waals surface area contributed by atoms with E-state index in [1.165, 1.54) is 0 Å². The number of terminal acetylenes is 1. The molecule has 0 aliphatic heterocycles. The normalized spacial score (nSPS) is 14.9. The fourth-order valence-corrected chi connectivity index (χ4v) is 1.35. The van der Waals surface area contributed by atoms with Crippen LogP contribution in [0.25, 0.3) is 0 Å². The second kappa shape index (κ2) is 8.10. The minimum Gasteiger partial charge on any atom is -0.390 e. The first kappa shape index (κ1) is 12.5. The molecule has 0 aromatic heterocycles. The summed E-state index contributed by atoms with van der Waals surface area (Å²) in [5.41, 5.74) is 0. The highest BCUT2D eigenvalue weighted by atomic mass is 16.5. The molecule has 0 radical (unpaired) electrons. The predicted octanol–water partition coefficient (Wildman–Crippen LogP) is 1.97. The zero-order valence-corrected chi connectivity index (χ0v) is 8.62. The molecule has 0 aliphatic rings. The molecule has 1 N–H and O–H groups in total. The summed E-state index contributed by atoms with van der Waals surface area (Å²) in [5, 5.41) is 9.67. The van der Waals surface area contributed by atoms with Gasteiger partial charge in [-0.2, -0.15) is 0 Å². The van der Waals surface area contributed by atoms with E-state index < -0.39 is 0 Å². The topological polar surface area (TPSA) is 29.5 Å². The summed E-state index contributed by atoms with van der Waals surface area (Å²) in [4.78, 5) is 0. The van der Waals surface area contributed by atoms with Crippen LogP contribution in [0.3, 0.4) is 0 Å². The van der Waals surface area contributed by atoms with E-state index in [1.54, 1.807) is 7.11 Å². The molecule has 0 spiro atoms. The Morgan fingerprint density at radius 2 is 2.15 bits per heavy atom. The fourth-order valence-electron chi connectivity index (χ4n) is 1.35. The van der Waals surface area contributed by atoms with Gasteiger partial charge in [0, 0.05) is 13.5 Å². The Labute approximate surface area is 81.3 Å². The summed E-state index contributed by atoms with van der Waals surface area (Å²) in [5.74, 6) is 2.56. The number of aliphatic hydroxyl groups is 1. The first-order valence-corrected chi connectivity index (χ1v) is 4.90. The molecule has 0 amide bonds. The molecule has 13 heavy (non-hydrogen) atoms. The van der Waals surface area contributed by atoms with Crippen LogP contribution in [0.1, 0.15) is 39.0 Å². The van der Waals surface area contributed by atoms with Gasteiger partial charge in [0.05, 0.1) is 12.2 Å². The molecule has 0 fully saturated rings. The Balaban J connectivity index is 3.64. The van der Waals surface area contributed by atoms with E-state index in [0.29, 0.717) is 0 Å². The van der Waals surface area contributed by atoms with Gasteiger partial charge >= 0.3 is 0 Å². The SMILES string of the molecule is C#CCCCC(O)C(CCC)OC. The smallest absolute Gasteiger partial charge is 0.0830 e. The second-order valence-electron chi connectivity index (χ2n) is 3.23. The van der Waals surface area contributed by atoms with Gasteiger partial charge in [-0.1, -0.05) is 13.3 Å². The second-order valence-corrected chi connectivity index (χ2v) is 3.23. The van der Waals surface area contributed by atoms with Crippen LogP contribution in [-0.2, 0) is 4.74 Å². The molecule has 0 aromatic rings. The lowest BCUT2D eigenvalue weighted by atomic mass is 10.0. The molecule has 0 saturated heterocycles. The molecule has 0 rings (SSSR count). The zero-order valence-electron chi connectivity index (χ0n) is 8.62. The first-order chi connectivity index (χ1) is 6.26. The Bertz CT molecular complexity index is 149. The number of rotatable bonds is 7. The van der Waals surface area contributed by atoms with Crippen LogP contribution >= 0.6 is 0 Å². The Morgan fingerprint density at radius 3 is 2.62 bits per heavy atom. The number of unbranched alkanes of at least 4 members (excludes halogenated alkanes) is 1. The van der Waals surface area contributed by atoms with Crippen molar-refractivity contribution in [2.75, 3.05) is 7.11 Å². The van der Waals surface area contributed by atoms with Crippen LogP contribution in [0.15, 0.2) is 0 Å². The average molecular weight is 184 g/mol. The summed E-state index contributed by atoms with van der Waals surface area (Å²) >= 11 is 0. The van der Waals surface area contributed by atoms with Crippen molar-refractivity contribution in [2.24, 2.45) is 0 Å². The lowest BCUT2D eigenvalue weighted by Crippen LogP contribution is -2.27. The Hall–Kier alpha value is -0.520. The molecule has 2 heteroatoms. The van der Waals surface area contributed by atoms with E-state index in [2.05, 4.69) is 12.8 Å². The number of aliphatic hydroxyl groups excluding tert-OH is 1. The highest BCUT2D eigenvalue weighted by molar-refractivity contribution is 4.83. The maximum atomic E-state index is 9.67. The van der Waals surface area contributed by atoms with Crippen molar-refractivity contribution in [1.29, 1.82) is 0 Å². The van der Waals surface area contributed by atoms with Gasteiger partial charge in [-0.15, -0.1) is 12.3 Å². The minimum atomic E-state index is -0.363. The van der Waals surface area contributed by atoms with Crippen LogP contribution in [0.2, 0.25) is 0 Å². The van der Waals surface area contributed by atoms with Crippen molar-refractivity contribution in [3.05, 3.63) is 0 Å². The van der Waals surface area contributed by atoms with Crippen LogP contribution in [0.4, 0.5) is 0 Å². The summed E-state index contributed by atoms with van der Waals surface area (Å²) < 4.78 is 5.18. The van der Waals surface area contributed by atoms with Crippen LogP contribution in [0, 0.1) is 12.3 Å². The molecule has 0 aromatic carbocycles. The molecule has 2 nitrogen and oxygen atoms in total. The maximum absolute atomic E-state index is 9.67. The molecule has 0 bridgehead atoms. The summed E-state index contributed by atoms with van der Waals surface area (Å²) in [6.45, 7) is 2.08. The van der Waals surface area contributed by atoms with Crippen molar-refractivity contribution >= 4 is 0 Å². The lowest BCUT2D eigenvalue weighted by molar-refractivity contribution is -0.0207. The van der Waals surface area contributed by atoms with Gasteiger partial charge in [-0.25, -0.2) is 0 Å². The molecular weight excluding hydrogens is 164 g/mol. The van der Waals surface area contributed by atoms with Crippen molar-refractivity contribution in [3.63, 3.8) is 0 Å². The van der Waals surface area contributed by atoms with E-state index in [-0.39, 0.29) is 12.2 Å². The van der Waals surface area contributed by atoms with E-state index in [1.807, 2.05) is 0 Å². The van der Waals surface area contributed by atoms with Crippen molar-refractivity contribution in [3.8, 4) is 12.3 Å².